The Labute approximate surface area is 231 Å². The predicted octanol–water partition coefficient (Wildman–Crippen LogP) is 7.22. The van der Waals surface area contributed by atoms with Gasteiger partial charge in [-0.25, -0.2) is 0 Å². The molecule has 0 aromatic heterocycles. The Morgan fingerprint density at radius 3 is 2.44 bits per heavy atom. The van der Waals surface area contributed by atoms with Gasteiger partial charge in [0.25, 0.3) is 17.1 Å². The summed E-state index contributed by atoms with van der Waals surface area (Å²) in [6, 6.07) is 28.6. The van der Waals surface area contributed by atoms with Crippen molar-refractivity contribution in [1.29, 1.82) is 0 Å². The third-order valence-corrected chi connectivity index (χ3v) is 7.39. The third-order valence-electron chi connectivity index (χ3n) is 6.49. The van der Waals surface area contributed by atoms with Crippen LogP contribution in [0, 0.1) is 0 Å². The number of nitrogens with one attached hydrogen (secondary N) is 1. The number of amides is 3. The number of nitrogens with zero attached hydrogens (tertiary/aromatic N) is 1. The van der Waals surface area contributed by atoms with Crippen LogP contribution in [0.15, 0.2) is 95.9 Å². The van der Waals surface area contributed by atoms with Crippen LogP contribution >= 0.6 is 11.8 Å². The van der Waals surface area contributed by atoms with E-state index in [-0.39, 0.29) is 36.1 Å². The molecule has 0 atom stereocenters. The lowest BCUT2D eigenvalue weighted by Gasteiger charge is -2.14. The van der Waals surface area contributed by atoms with Crippen LogP contribution in [0.25, 0.3) is 16.8 Å². The van der Waals surface area contributed by atoms with Gasteiger partial charge in [-0.15, -0.1) is 0 Å². The fourth-order valence-electron chi connectivity index (χ4n) is 4.50. The molecule has 1 aliphatic rings. The summed E-state index contributed by atoms with van der Waals surface area (Å²) in [5.41, 5.74) is 3.53. The number of fused-ring (bicyclic) bond motifs is 1. The van der Waals surface area contributed by atoms with Gasteiger partial charge in [-0.1, -0.05) is 86.6 Å². The second-order valence-corrected chi connectivity index (χ2v) is 10.5. The van der Waals surface area contributed by atoms with Gasteiger partial charge >= 0.3 is 0 Å². The molecule has 4 aromatic carbocycles. The smallest absolute Gasteiger partial charge is 0.293 e. The van der Waals surface area contributed by atoms with Crippen LogP contribution in [0.1, 0.15) is 36.5 Å². The molecule has 0 unspecified atom stereocenters. The van der Waals surface area contributed by atoms with E-state index in [2.05, 4.69) is 19.2 Å². The van der Waals surface area contributed by atoms with Gasteiger partial charge < -0.3 is 10.1 Å². The Morgan fingerprint density at radius 2 is 1.64 bits per heavy atom. The summed E-state index contributed by atoms with van der Waals surface area (Å²) in [7, 11) is 0. The number of imide groups is 1. The molecule has 6 nitrogen and oxygen atoms in total. The first-order valence-corrected chi connectivity index (χ1v) is 13.5. The summed E-state index contributed by atoms with van der Waals surface area (Å²) in [6.07, 6.45) is 1.70. The van der Waals surface area contributed by atoms with Crippen molar-refractivity contribution in [1.82, 2.24) is 4.90 Å². The number of hydrogen-bond acceptors (Lipinski definition) is 5. The van der Waals surface area contributed by atoms with Gasteiger partial charge in [0.1, 0.15) is 5.75 Å². The van der Waals surface area contributed by atoms with Gasteiger partial charge in [0.05, 0.1) is 11.4 Å². The minimum atomic E-state index is -0.309. The van der Waals surface area contributed by atoms with Crippen LogP contribution in [0.5, 0.6) is 5.75 Å². The lowest BCUT2D eigenvalue weighted by atomic mass is 10.0. The minimum absolute atomic E-state index is 0.126. The fraction of sp³-hybridized carbons (Fsp3) is 0.156. The molecule has 4 aromatic rings. The number of ether oxygens (including phenoxy) is 1. The largest absolute Gasteiger partial charge is 0.484 e. The number of rotatable bonds is 8. The summed E-state index contributed by atoms with van der Waals surface area (Å²) < 4.78 is 5.65. The van der Waals surface area contributed by atoms with E-state index >= 15 is 0 Å². The summed E-state index contributed by atoms with van der Waals surface area (Å²) >= 11 is 0.938. The number of carbonyl (C=O) groups excluding carboxylic acids is 3. The van der Waals surface area contributed by atoms with E-state index < -0.39 is 0 Å². The standard InChI is InChI=1S/C32H28N2O4S/c1-21(2)26-11-5-6-13-28(26)33-30(35)20-38-25-16-14-22(15-17-25)18-29-31(36)34(32(37)39-29)19-24-10-7-9-23-8-3-4-12-27(23)24/h3-18,21H,19-20H2,1-2H3,(H,33,35)/b29-18-. The van der Waals surface area contributed by atoms with Crippen LogP contribution in [0.2, 0.25) is 0 Å². The molecule has 0 radical (unpaired) electrons. The summed E-state index contributed by atoms with van der Waals surface area (Å²) in [6.45, 7) is 4.25. The summed E-state index contributed by atoms with van der Waals surface area (Å²) in [5.74, 6) is 0.266. The number of thioether (sulfide) groups is 1. The second kappa shape index (κ2) is 11.6. The Bertz CT molecular complexity index is 1570. The normalized spacial score (nSPS) is 14.4. The zero-order chi connectivity index (χ0) is 27.4. The molecule has 0 spiro atoms. The highest BCUT2D eigenvalue weighted by molar-refractivity contribution is 8.18. The van der Waals surface area contributed by atoms with E-state index in [4.69, 9.17) is 4.74 Å². The Balaban J connectivity index is 1.20. The molecule has 5 rings (SSSR count). The Kier molecular flexibility index (Phi) is 7.79. The predicted molar refractivity (Wildman–Crippen MR) is 157 cm³/mol. The highest BCUT2D eigenvalue weighted by Gasteiger charge is 2.35. The van der Waals surface area contributed by atoms with Crippen molar-refractivity contribution in [2.24, 2.45) is 0 Å². The van der Waals surface area contributed by atoms with Crippen LogP contribution in [-0.4, -0.2) is 28.6 Å². The van der Waals surface area contributed by atoms with Gasteiger partial charge in [-0.05, 0) is 69.4 Å². The van der Waals surface area contributed by atoms with Gasteiger partial charge in [-0.3, -0.25) is 19.3 Å². The van der Waals surface area contributed by atoms with Crippen LogP contribution in [0.4, 0.5) is 10.5 Å². The molecule has 1 N–H and O–H groups in total. The highest BCUT2D eigenvalue weighted by atomic mass is 32.2. The highest BCUT2D eigenvalue weighted by Crippen LogP contribution is 2.34. The van der Waals surface area contributed by atoms with Gasteiger partial charge in [0.15, 0.2) is 6.61 Å². The fourth-order valence-corrected chi connectivity index (χ4v) is 5.34. The maximum atomic E-state index is 13.1. The van der Waals surface area contributed by atoms with Crippen molar-refractivity contribution >= 4 is 51.4 Å². The lowest BCUT2D eigenvalue weighted by Crippen LogP contribution is -2.27. The van der Waals surface area contributed by atoms with E-state index in [1.807, 2.05) is 66.7 Å². The quantitative estimate of drug-likeness (QED) is 0.241. The molecule has 0 bridgehead atoms. The maximum Gasteiger partial charge on any atom is 0.293 e. The molecule has 0 aliphatic carbocycles. The SMILES string of the molecule is CC(C)c1ccccc1NC(=O)COc1ccc(/C=C2\SC(=O)N(Cc3cccc4ccccc34)C2=O)cc1. The van der Waals surface area contributed by atoms with E-state index in [0.717, 1.165) is 44.9 Å². The molecule has 39 heavy (non-hydrogen) atoms. The average molecular weight is 537 g/mol. The first-order valence-electron chi connectivity index (χ1n) is 12.7. The second-order valence-electron chi connectivity index (χ2n) is 9.55. The van der Waals surface area contributed by atoms with Crippen molar-refractivity contribution in [3.63, 3.8) is 0 Å². The summed E-state index contributed by atoms with van der Waals surface area (Å²) in [4.78, 5) is 39.8. The number of carbonyl (C=O) groups is 3. The molecule has 1 aliphatic heterocycles. The number of hydrogen-bond donors (Lipinski definition) is 1. The van der Waals surface area contributed by atoms with Crippen LogP contribution < -0.4 is 10.1 Å². The van der Waals surface area contributed by atoms with Gasteiger partial charge in [-0.2, -0.15) is 0 Å². The van der Waals surface area contributed by atoms with E-state index in [1.54, 1.807) is 30.3 Å². The third kappa shape index (κ3) is 6.04. The molecule has 0 saturated carbocycles. The van der Waals surface area contributed by atoms with Crippen molar-refractivity contribution in [2.75, 3.05) is 11.9 Å². The van der Waals surface area contributed by atoms with Gasteiger partial charge in [0.2, 0.25) is 0 Å². The molecular formula is C32H28N2O4S. The van der Waals surface area contributed by atoms with Crippen molar-refractivity contribution in [3.05, 3.63) is 113 Å². The van der Waals surface area contributed by atoms with E-state index in [0.29, 0.717) is 10.7 Å². The maximum absolute atomic E-state index is 13.1. The number of para-hydroxylation sites is 1. The lowest BCUT2D eigenvalue weighted by molar-refractivity contribution is -0.123. The van der Waals surface area contributed by atoms with Crippen molar-refractivity contribution in [3.8, 4) is 5.75 Å². The van der Waals surface area contributed by atoms with Gasteiger partial charge in [0, 0.05) is 5.69 Å². The van der Waals surface area contributed by atoms with Crippen LogP contribution in [0.3, 0.4) is 0 Å². The first kappa shape index (κ1) is 26.3. The number of anilines is 1. The molecular weight excluding hydrogens is 508 g/mol. The average Bonchev–Trinajstić information content (AvgIpc) is 3.20. The molecule has 1 heterocycles. The van der Waals surface area contributed by atoms with Crippen molar-refractivity contribution in [2.45, 2.75) is 26.3 Å². The topological polar surface area (TPSA) is 75.7 Å². The first-order chi connectivity index (χ1) is 18.9. The van der Waals surface area contributed by atoms with Crippen molar-refractivity contribution < 1.29 is 19.1 Å². The Morgan fingerprint density at radius 1 is 0.923 bits per heavy atom. The van der Waals surface area contributed by atoms with E-state index in [9.17, 15) is 14.4 Å². The molecule has 1 fully saturated rings. The molecule has 1 saturated heterocycles. The number of benzene rings is 4. The monoisotopic (exact) mass is 536 g/mol. The molecule has 3 amide bonds. The van der Waals surface area contributed by atoms with Crippen LogP contribution in [-0.2, 0) is 16.1 Å². The zero-order valence-corrected chi connectivity index (χ0v) is 22.5. The van der Waals surface area contributed by atoms with E-state index in [1.165, 1.54) is 4.90 Å². The minimum Gasteiger partial charge on any atom is -0.484 e. The summed E-state index contributed by atoms with van der Waals surface area (Å²) in [5, 5.41) is 4.72. The molecule has 7 heteroatoms. The molecule has 196 valence electrons. The Hall–Kier alpha value is -4.36. The zero-order valence-electron chi connectivity index (χ0n) is 21.7.